The fourth-order valence-electron chi connectivity index (χ4n) is 1.96. The lowest BCUT2D eigenvalue weighted by molar-refractivity contribution is -0.149. The number of hydrogen-bond acceptors (Lipinski definition) is 4. The lowest BCUT2D eigenvalue weighted by atomic mass is 10.1. The highest BCUT2D eigenvalue weighted by molar-refractivity contribution is 5.82. The minimum absolute atomic E-state index is 0.107. The molecule has 1 aliphatic rings. The van der Waals surface area contributed by atoms with Crippen LogP contribution in [-0.4, -0.2) is 66.3 Å². The summed E-state index contributed by atoms with van der Waals surface area (Å²) in [7, 11) is 0. The predicted octanol–water partition coefficient (Wildman–Crippen LogP) is 0.549. The van der Waals surface area contributed by atoms with E-state index in [9.17, 15) is 13.2 Å². The number of piperazine rings is 1. The fourth-order valence-corrected chi connectivity index (χ4v) is 1.96. The molecular formula is C10H19F3N4O. The normalized spacial score (nSPS) is 22.1. The molecule has 0 aromatic heterocycles. The van der Waals surface area contributed by atoms with Crippen molar-refractivity contribution in [2.75, 3.05) is 39.3 Å². The summed E-state index contributed by atoms with van der Waals surface area (Å²) >= 11 is 0. The molecule has 1 unspecified atom stereocenters. The van der Waals surface area contributed by atoms with Crippen LogP contribution in [0.15, 0.2) is 5.16 Å². The first-order chi connectivity index (χ1) is 8.31. The van der Waals surface area contributed by atoms with Crippen LogP contribution in [0, 0.1) is 5.92 Å². The van der Waals surface area contributed by atoms with Gasteiger partial charge in [0, 0.05) is 38.6 Å². The monoisotopic (exact) mass is 268 g/mol. The van der Waals surface area contributed by atoms with Crippen molar-refractivity contribution in [2.24, 2.45) is 16.8 Å². The van der Waals surface area contributed by atoms with Crippen molar-refractivity contribution >= 4 is 5.84 Å². The molecule has 1 fully saturated rings. The molecule has 3 N–H and O–H groups in total. The van der Waals surface area contributed by atoms with Gasteiger partial charge < -0.3 is 15.8 Å². The Balaban J connectivity index is 2.31. The highest BCUT2D eigenvalue weighted by Gasteiger charge is 2.32. The average Bonchev–Trinajstić information content (AvgIpc) is 2.28. The van der Waals surface area contributed by atoms with Crippen molar-refractivity contribution in [3.8, 4) is 0 Å². The number of nitrogens with two attached hydrogens (primary N) is 1. The Kier molecular flexibility index (Phi) is 5.21. The van der Waals surface area contributed by atoms with E-state index < -0.39 is 12.7 Å². The SMILES string of the molecule is CC(CN1CCN(CC(F)(F)F)CC1)C(N)=NO. The van der Waals surface area contributed by atoms with Gasteiger partial charge in [0.05, 0.1) is 6.54 Å². The summed E-state index contributed by atoms with van der Waals surface area (Å²) in [5.41, 5.74) is 5.46. The summed E-state index contributed by atoms with van der Waals surface area (Å²) in [6.07, 6.45) is -4.14. The Morgan fingerprint density at radius 2 is 1.78 bits per heavy atom. The van der Waals surface area contributed by atoms with E-state index in [1.165, 1.54) is 4.90 Å². The Morgan fingerprint density at radius 3 is 2.22 bits per heavy atom. The van der Waals surface area contributed by atoms with Gasteiger partial charge >= 0.3 is 6.18 Å². The van der Waals surface area contributed by atoms with E-state index in [1.54, 1.807) is 0 Å². The molecule has 0 amide bonds. The van der Waals surface area contributed by atoms with Crippen molar-refractivity contribution in [3.05, 3.63) is 0 Å². The zero-order valence-electron chi connectivity index (χ0n) is 10.3. The van der Waals surface area contributed by atoms with Crippen molar-refractivity contribution in [1.29, 1.82) is 0 Å². The Bertz CT molecular complexity index is 287. The van der Waals surface area contributed by atoms with Crippen molar-refractivity contribution in [3.63, 3.8) is 0 Å². The highest BCUT2D eigenvalue weighted by atomic mass is 19.4. The molecule has 1 heterocycles. The van der Waals surface area contributed by atoms with Crippen LogP contribution in [0.4, 0.5) is 13.2 Å². The van der Waals surface area contributed by atoms with E-state index in [0.717, 1.165) is 0 Å². The van der Waals surface area contributed by atoms with E-state index in [-0.39, 0.29) is 11.8 Å². The molecule has 0 saturated carbocycles. The largest absolute Gasteiger partial charge is 0.409 e. The number of oxime groups is 1. The molecule has 0 bridgehead atoms. The van der Waals surface area contributed by atoms with Gasteiger partial charge in [-0.2, -0.15) is 13.2 Å². The third kappa shape index (κ3) is 5.09. The van der Waals surface area contributed by atoms with Gasteiger partial charge in [0.15, 0.2) is 0 Å². The van der Waals surface area contributed by atoms with Gasteiger partial charge in [-0.1, -0.05) is 12.1 Å². The summed E-state index contributed by atoms with van der Waals surface area (Å²) < 4.78 is 36.6. The predicted molar refractivity (Wildman–Crippen MR) is 61.5 cm³/mol. The molecule has 1 saturated heterocycles. The molecule has 0 spiro atoms. The Labute approximate surface area is 104 Å². The number of hydrogen-bond donors (Lipinski definition) is 2. The lowest BCUT2D eigenvalue weighted by Gasteiger charge is -2.35. The van der Waals surface area contributed by atoms with Crippen LogP contribution < -0.4 is 5.73 Å². The zero-order valence-corrected chi connectivity index (χ0v) is 10.3. The second-order valence-corrected chi connectivity index (χ2v) is 4.62. The molecule has 1 rings (SSSR count). The second kappa shape index (κ2) is 6.24. The van der Waals surface area contributed by atoms with E-state index in [0.29, 0.717) is 32.7 Å². The first-order valence-electron chi connectivity index (χ1n) is 5.80. The van der Waals surface area contributed by atoms with Crippen LogP contribution in [-0.2, 0) is 0 Å². The molecule has 0 aliphatic carbocycles. The zero-order chi connectivity index (χ0) is 13.8. The van der Waals surface area contributed by atoms with E-state index >= 15 is 0 Å². The van der Waals surface area contributed by atoms with E-state index in [2.05, 4.69) is 5.16 Å². The molecule has 18 heavy (non-hydrogen) atoms. The second-order valence-electron chi connectivity index (χ2n) is 4.62. The van der Waals surface area contributed by atoms with Gasteiger partial charge in [-0.3, -0.25) is 4.90 Å². The molecule has 0 aromatic carbocycles. The number of rotatable bonds is 4. The molecule has 106 valence electrons. The summed E-state index contributed by atoms with van der Waals surface area (Å²) in [5.74, 6) is 0.0388. The van der Waals surface area contributed by atoms with Crippen LogP contribution in [0.5, 0.6) is 0 Å². The Morgan fingerprint density at radius 1 is 1.28 bits per heavy atom. The minimum atomic E-state index is -4.14. The fraction of sp³-hybridized carbons (Fsp3) is 0.900. The van der Waals surface area contributed by atoms with Crippen molar-refractivity contribution in [1.82, 2.24) is 9.80 Å². The van der Waals surface area contributed by atoms with Gasteiger partial charge in [0.25, 0.3) is 0 Å². The van der Waals surface area contributed by atoms with Crippen LogP contribution in [0.25, 0.3) is 0 Å². The first kappa shape index (κ1) is 15.0. The lowest BCUT2D eigenvalue weighted by Crippen LogP contribution is -2.50. The molecule has 1 aliphatic heterocycles. The van der Waals surface area contributed by atoms with Crippen molar-refractivity contribution in [2.45, 2.75) is 13.1 Å². The van der Waals surface area contributed by atoms with Crippen LogP contribution >= 0.6 is 0 Å². The molecule has 5 nitrogen and oxygen atoms in total. The van der Waals surface area contributed by atoms with Crippen LogP contribution in [0.2, 0.25) is 0 Å². The molecule has 0 aromatic rings. The number of amidine groups is 1. The standard InChI is InChI=1S/C10H19F3N4O/c1-8(9(14)15-18)6-16-2-4-17(5-3-16)7-10(11,12)13/h8,18H,2-7H2,1H3,(H2,14,15). The van der Waals surface area contributed by atoms with E-state index in [4.69, 9.17) is 10.9 Å². The Hall–Kier alpha value is -1.02. The maximum Gasteiger partial charge on any atom is 0.401 e. The molecule has 8 heteroatoms. The summed E-state index contributed by atoms with van der Waals surface area (Å²) in [4.78, 5) is 3.42. The maximum atomic E-state index is 12.2. The van der Waals surface area contributed by atoms with Crippen LogP contribution in [0.3, 0.4) is 0 Å². The summed E-state index contributed by atoms with van der Waals surface area (Å²) in [5, 5.41) is 11.4. The van der Waals surface area contributed by atoms with Crippen molar-refractivity contribution < 1.29 is 18.4 Å². The van der Waals surface area contributed by atoms with Crippen LogP contribution in [0.1, 0.15) is 6.92 Å². The van der Waals surface area contributed by atoms with Gasteiger partial charge in [0.2, 0.25) is 0 Å². The average molecular weight is 268 g/mol. The molecule has 1 atom stereocenters. The van der Waals surface area contributed by atoms with Gasteiger partial charge in [-0.25, -0.2) is 0 Å². The first-order valence-corrected chi connectivity index (χ1v) is 5.80. The van der Waals surface area contributed by atoms with E-state index in [1.807, 2.05) is 11.8 Å². The number of nitrogens with zero attached hydrogens (tertiary/aromatic N) is 3. The third-order valence-corrected chi connectivity index (χ3v) is 3.02. The number of halogens is 3. The molecular weight excluding hydrogens is 249 g/mol. The topological polar surface area (TPSA) is 65.1 Å². The maximum absolute atomic E-state index is 12.2. The van der Waals surface area contributed by atoms with Gasteiger partial charge in [-0.05, 0) is 0 Å². The number of alkyl halides is 3. The highest BCUT2D eigenvalue weighted by Crippen LogP contribution is 2.17. The summed E-state index contributed by atoms with van der Waals surface area (Å²) in [6, 6.07) is 0. The van der Waals surface area contributed by atoms with Gasteiger partial charge in [0.1, 0.15) is 5.84 Å². The quantitative estimate of drug-likeness (QED) is 0.338. The summed E-state index contributed by atoms with van der Waals surface area (Å²) in [6.45, 7) is 3.48. The molecule has 0 radical (unpaired) electrons. The minimum Gasteiger partial charge on any atom is -0.409 e. The van der Waals surface area contributed by atoms with Gasteiger partial charge in [-0.15, -0.1) is 0 Å². The third-order valence-electron chi connectivity index (χ3n) is 3.02. The smallest absolute Gasteiger partial charge is 0.401 e.